The molecule has 2 aromatic rings. The Morgan fingerprint density at radius 3 is 1.74 bits per heavy atom. The predicted octanol–water partition coefficient (Wildman–Crippen LogP) is 4.60. The van der Waals surface area contributed by atoms with Crippen molar-refractivity contribution in [1.29, 1.82) is 0 Å². The Labute approximate surface area is 131 Å². The van der Waals surface area contributed by atoms with Crippen LogP contribution >= 0.6 is 0 Å². The van der Waals surface area contributed by atoms with Gasteiger partial charge in [0, 0.05) is 11.8 Å². The molecule has 1 aliphatic rings. The lowest BCUT2D eigenvalue weighted by Gasteiger charge is -2.07. The minimum absolute atomic E-state index is 0.190. The van der Waals surface area contributed by atoms with E-state index in [1.165, 1.54) is 12.1 Å². The molecule has 23 heavy (non-hydrogen) atoms. The van der Waals surface area contributed by atoms with E-state index in [1.807, 2.05) is 31.2 Å². The van der Waals surface area contributed by atoms with Crippen LogP contribution in [0.15, 0.2) is 48.5 Å². The molecule has 0 aromatic heterocycles. The molecule has 120 valence electrons. The van der Waals surface area contributed by atoms with Crippen molar-refractivity contribution < 1.29 is 23.1 Å². The second-order valence-electron chi connectivity index (χ2n) is 5.95. The average Bonchev–Trinajstić information content (AvgIpc) is 3.23. The third kappa shape index (κ3) is 2.96. The molecule has 1 N–H and O–H groups in total. The highest BCUT2D eigenvalue weighted by Gasteiger charge is 2.56. The monoisotopic (exact) mass is 320 g/mol. The highest BCUT2D eigenvalue weighted by Crippen LogP contribution is 2.60. The third-order valence-electron chi connectivity index (χ3n) is 4.39. The molecule has 0 saturated heterocycles. The summed E-state index contributed by atoms with van der Waals surface area (Å²) in [6.07, 6.45) is -4.38. The predicted molar refractivity (Wildman–Crippen MR) is 79.2 cm³/mol. The highest BCUT2D eigenvalue weighted by atomic mass is 19.4. The number of carboxylic acid groups (broad SMARTS) is 1. The van der Waals surface area contributed by atoms with Crippen LogP contribution in [0.1, 0.15) is 34.1 Å². The molecular weight excluding hydrogens is 305 g/mol. The maximum atomic E-state index is 12.6. The van der Waals surface area contributed by atoms with Gasteiger partial charge in [-0.2, -0.15) is 13.2 Å². The summed E-state index contributed by atoms with van der Waals surface area (Å²) in [5.74, 6) is -1.97. The van der Waals surface area contributed by atoms with Gasteiger partial charge in [-0.15, -0.1) is 0 Å². The van der Waals surface area contributed by atoms with Crippen molar-refractivity contribution >= 4 is 5.97 Å². The minimum atomic E-state index is -4.38. The van der Waals surface area contributed by atoms with Crippen LogP contribution < -0.4 is 0 Å². The van der Waals surface area contributed by atoms with Crippen molar-refractivity contribution in [1.82, 2.24) is 0 Å². The molecule has 0 radical (unpaired) electrons. The van der Waals surface area contributed by atoms with E-state index >= 15 is 0 Å². The van der Waals surface area contributed by atoms with E-state index in [9.17, 15) is 23.1 Å². The standard InChI is InChI=1S/C18H15F3O2/c1-10-2-4-11(5-3-10)14-15(16(14)17(22)23)12-6-8-13(9-7-12)18(19,20)21/h2-9,14-16H,1H3,(H,22,23)/t14-,15-,16?/m0/s1. The van der Waals surface area contributed by atoms with Crippen LogP contribution in [-0.2, 0) is 11.0 Å². The zero-order chi connectivity index (χ0) is 16.8. The summed E-state index contributed by atoms with van der Waals surface area (Å²) >= 11 is 0. The Bertz CT molecular complexity index is 717. The van der Waals surface area contributed by atoms with Gasteiger partial charge in [-0.25, -0.2) is 0 Å². The van der Waals surface area contributed by atoms with Crippen LogP contribution in [0.3, 0.4) is 0 Å². The van der Waals surface area contributed by atoms with E-state index in [4.69, 9.17) is 0 Å². The van der Waals surface area contributed by atoms with Crippen molar-refractivity contribution in [3.8, 4) is 0 Å². The minimum Gasteiger partial charge on any atom is -0.481 e. The molecule has 3 atom stereocenters. The number of aliphatic carboxylic acids is 1. The number of carboxylic acids is 1. The van der Waals surface area contributed by atoms with Gasteiger partial charge in [0.2, 0.25) is 0 Å². The second kappa shape index (κ2) is 5.41. The summed E-state index contributed by atoms with van der Waals surface area (Å²) in [4.78, 5) is 11.4. The first-order chi connectivity index (χ1) is 10.8. The molecular formula is C18H15F3O2. The number of benzene rings is 2. The summed E-state index contributed by atoms with van der Waals surface area (Å²) in [6.45, 7) is 1.94. The molecule has 1 unspecified atom stereocenters. The molecule has 0 aliphatic heterocycles. The molecule has 3 rings (SSSR count). The topological polar surface area (TPSA) is 37.3 Å². The molecule has 2 aromatic carbocycles. The van der Waals surface area contributed by atoms with Gasteiger partial charge in [0.05, 0.1) is 11.5 Å². The maximum Gasteiger partial charge on any atom is 0.416 e. The van der Waals surface area contributed by atoms with Crippen LogP contribution in [0.25, 0.3) is 0 Å². The number of halogens is 3. The van der Waals surface area contributed by atoms with E-state index in [-0.39, 0.29) is 11.8 Å². The van der Waals surface area contributed by atoms with Crippen LogP contribution in [0, 0.1) is 12.8 Å². The Balaban J connectivity index is 1.89. The van der Waals surface area contributed by atoms with Crippen LogP contribution in [-0.4, -0.2) is 11.1 Å². The van der Waals surface area contributed by atoms with Crippen LogP contribution in [0.4, 0.5) is 13.2 Å². The van der Waals surface area contributed by atoms with Crippen LogP contribution in [0.5, 0.6) is 0 Å². The van der Waals surface area contributed by atoms with E-state index in [2.05, 4.69) is 0 Å². The SMILES string of the molecule is Cc1ccc([C@@H]2C(C(=O)O)[C@H]2c2ccc(C(F)(F)F)cc2)cc1. The molecule has 1 saturated carbocycles. The Morgan fingerprint density at radius 1 is 0.913 bits per heavy atom. The van der Waals surface area contributed by atoms with E-state index in [1.54, 1.807) is 0 Å². The normalized spacial score (nSPS) is 23.6. The molecule has 2 nitrogen and oxygen atoms in total. The first-order valence-electron chi connectivity index (χ1n) is 7.25. The highest BCUT2D eigenvalue weighted by molar-refractivity contribution is 5.78. The number of aryl methyl sites for hydroxylation is 1. The Hall–Kier alpha value is -2.30. The second-order valence-corrected chi connectivity index (χ2v) is 5.95. The fraction of sp³-hybridized carbons (Fsp3) is 0.278. The summed E-state index contributed by atoms with van der Waals surface area (Å²) in [5, 5.41) is 9.38. The van der Waals surface area contributed by atoms with Gasteiger partial charge >= 0.3 is 12.1 Å². The van der Waals surface area contributed by atoms with E-state index in [0.717, 1.165) is 23.3 Å². The third-order valence-corrected chi connectivity index (χ3v) is 4.39. The van der Waals surface area contributed by atoms with Gasteiger partial charge in [0.25, 0.3) is 0 Å². The first kappa shape index (κ1) is 15.6. The summed E-state index contributed by atoms with van der Waals surface area (Å²) in [7, 11) is 0. The van der Waals surface area contributed by atoms with Crippen molar-refractivity contribution in [2.75, 3.05) is 0 Å². The lowest BCUT2D eigenvalue weighted by atomic mass is 10.0. The van der Waals surface area contributed by atoms with Crippen molar-refractivity contribution in [2.45, 2.75) is 24.9 Å². The van der Waals surface area contributed by atoms with Gasteiger partial charge < -0.3 is 5.11 Å². The smallest absolute Gasteiger partial charge is 0.416 e. The summed E-state index contributed by atoms with van der Waals surface area (Å²) < 4.78 is 37.9. The molecule has 0 amide bonds. The van der Waals surface area contributed by atoms with Crippen molar-refractivity contribution in [3.05, 3.63) is 70.8 Å². The lowest BCUT2D eigenvalue weighted by molar-refractivity contribution is -0.139. The summed E-state index contributed by atoms with van der Waals surface area (Å²) in [5.41, 5.74) is 1.90. The largest absolute Gasteiger partial charge is 0.481 e. The molecule has 5 heteroatoms. The Morgan fingerprint density at radius 2 is 1.35 bits per heavy atom. The van der Waals surface area contributed by atoms with Gasteiger partial charge in [-0.1, -0.05) is 42.0 Å². The Kier molecular flexibility index (Phi) is 3.66. The number of alkyl halides is 3. The van der Waals surface area contributed by atoms with Gasteiger partial charge in [0.1, 0.15) is 0 Å². The maximum absolute atomic E-state index is 12.6. The van der Waals surface area contributed by atoms with Crippen LogP contribution in [0.2, 0.25) is 0 Å². The molecule has 1 aliphatic carbocycles. The van der Waals surface area contributed by atoms with Crippen molar-refractivity contribution in [2.24, 2.45) is 5.92 Å². The average molecular weight is 320 g/mol. The molecule has 1 fully saturated rings. The number of carbonyl (C=O) groups is 1. The first-order valence-corrected chi connectivity index (χ1v) is 7.25. The molecule has 0 bridgehead atoms. The summed E-state index contributed by atoms with van der Waals surface area (Å²) in [6, 6.07) is 12.4. The van der Waals surface area contributed by atoms with E-state index < -0.39 is 23.6 Å². The van der Waals surface area contributed by atoms with Crippen molar-refractivity contribution in [3.63, 3.8) is 0 Å². The number of rotatable bonds is 3. The fourth-order valence-corrected chi connectivity index (χ4v) is 3.13. The van der Waals surface area contributed by atoms with Gasteiger partial charge in [-0.05, 0) is 30.2 Å². The lowest BCUT2D eigenvalue weighted by Crippen LogP contribution is -2.04. The zero-order valence-corrected chi connectivity index (χ0v) is 12.3. The zero-order valence-electron chi connectivity index (χ0n) is 12.3. The molecule has 0 spiro atoms. The number of hydrogen-bond donors (Lipinski definition) is 1. The fourth-order valence-electron chi connectivity index (χ4n) is 3.13. The van der Waals surface area contributed by atoms with Gasteiger partial charge in [-0.3, -0.25) is 4.79 Å². The van der Waals surface area contributed by atoms with Gasteiger partial charge in [0.15, 0.2) is 0 Å². The number of hydrogen-bond acceptors (Lipinski definition) is 1. The quantitative estimate of drug-likeness (QED) is 0.897. The van der Waals surface area contributed by atoms with E-state index in [0.29, 0.717) is 5.56 Å². The molecule has 0 heterocycles.